The lowest BCUT2D eigenvalue weighted by Crippen LogP contribution is -2.05. The number of pyridine rings is 1. The Labute approximate surface area is 333 Å². The van der Waals surface area contributed by atoms with Gasteiger partial charge in [-0.2, -0.15) is 0 Å². The summed E-state index contributed by atoms with van der Waals surface area (Å²) < 4.78 is 4.59. The Balaban J connectivity index is 1.20. The van der Waals surface area contributed by atoms with Crippen molar-refractivity contribution in [1.29, 1.82) is 0 Å². The highest BCUT2D eigenvalue weighted by Crippen LogP contribution is 2.42. The quantitative estimate of drug-likeness (QED) is 0.165. The van der Waals surface area contributed by atoms with Crippen molar-refractivity contribution in [2.75, 3.05) is 0 Å². The molecule has 5 nitrogen and oxygen atoms in total. The summed E-state index contributed by atoms with van der Waals surface area (Å²) in [5.74, 6) is 0.610. The van der Waals surface area contributed by atoms with Crippen LogP contribution in [0.4, 0.5) is 0 Å². The zero-order valence-electron chi connectivity index (χ0n) is 31.3. The minimum absolute atomic E-state index is 0.610. The number of fused-ring (bicyclic) bond motifs is 12. The molecule has 5 heteroatoms. The van der Waals surface area contributed by atoms with Gasteiger partial charge in [0.15, 0.2) is 0 Å². The van der Waals surface area contributed by atoms with E-state index in [1.54, 1.807) is 0 Å². The zero-order valence-corrected chi connectivity index (χ0v) is 31.3. The van der Waals surface area contributed by atoms with Gasteiger partial charge in [-0.15, -0.1) is 0 Å². The normalized spacial score (nSPS) is 11.8. The van der Waals surface area contributed by atoms with E-state index >= 15 is 0 Å². The Morgan fingerprint density at radius 1 is 0.328 bits per heavy atom. The molecule has 0 N–H and O–H groups in total. The van der Waals surface area contributed by atoms with E-state index < -0.39 is 0 Å². The number of aromatic nitrogens is 5. The van der Waals surface area contributed by atoms with Crippen LogP contribution < -0.4 is 0 Å². The van der Waals surface area contributed by atoms with Crippen molar-refractivity contribution in [2.24, 2.45) is 0 Å². The van der Waals surface area contributed by atoms with Crippen LogP contribution in [-0.4, -0.2) is 23.9 Å². The highest BCUT2D eigenvalue weighted by atomic mass is 15.2. The van der Waals surface area contributed by atoms with Gasteiger partial charge in [0.2, 0.25) is 5.95 Å². The summed E-state index contributed by atoms with van der Waals surface area (Å²) in [7, 11) is 0. The van der Waals surface area contributed by atoms with Crippen molar-refractivity contribution >= 4 is 60.2 Å². The average Bonchev–Trinajstić information content (AvgIpc) is 3.86. The molecule has 0 aliphatic carbocycles. The number of para-hydroxylation sites is 4. The minimum atomic E-state index is 0.610. The third-order valence-corrected chi connectivity index (χ3v) is 11.5. The van der Waals surface area contributed by atoms with Gasteiger partial charge in [0.05, 0.1) is 39.0 Å². The van der Waals surface area contributed by atoms with Crippen LogP contribution in [-0.2, 0) is 0 Å². The van der Waals surface area contributed by atoms with Gasteiger partial charge in [-0.1, -0.05) is 152 Å². The molecule has 0 saturated heterocycles. The average molecular weight is 740 g/mol. The molecule has 4 heterocycles. The van der Waals surface area contributed by atoms with Gasteiger partial charge in [0.25, 0.3) is 0 Å². The number of rotatable bonds is 5. The molecule has 12 aromatic rings. The van der Waals surface area contributed by atoms with Crippen LogP contribution in [0.15, 0.2) is 200 Å². The molecule has 0 unspecified atom stereocenters. The van der Waals surface area contributed by atoms with Gasteiger partial charge < -0.3 is 0 Å². The molecule has 12 rings (SSSR count). The van der Waals surface area contributed by atoms with E-state index in [0.29, 0.717) is 5.95 Å². The van der Waals surface area contributed by atoms with E-state index in [1.165, 1.54) is 0 Å². The second-order valence-corrected chi connectivity index (χ2v) is 14.8. The van der Waals surface area contributed by atoms with E-state index in [9.17, 15) is 0 Å². The molecule has 4 aromatic heterocycles. The van der Waals surface area contributed by atoms with Gasteiger partial charge in [0.1, 0.15) is 5.65 Å². The first-order valence-electron chi connectivity index (χ1n) is 19.6. The lowest BCUT2D eigenvalue weighted by molar-refractivity contribution is 0.998. The summed E-state index contributed by atoms with van der Waals surface area (Å²) in [6.45, 7) is 0. The van der Waals surface area contributed by atoms with Crippen molar-refractivity contribution in [1.82, 2.24) is 23.9 Å². The second-order valence-electron chi connectivity index (χ2n) is 14.8. The summed E-state index contributed by atoms with van der Waals surface area (Å²) in [6.07, 6.45) is 0. The Bertz CT molecular complexity index is 3460. The van der Waals surface area contributed by atoms with E-state index in [0.717, 1.165) is 105 Å². The smallest absolute Gasteiger partial charge is 0.235 e. The summed E-state index contributed by atoms with van der Waals surface area (Å²) in [6, 6.07) is 70.7. The Hall–Kier alpha value is -7.89. The van der Waals surface area contributed by atoms with E-state index in [4.69, 9.17) is 15.0 Å². The molecule has 58 heavy (non-hydrogen) atoms. The van der Waals surface area contributed by atoms with Gasteiger partial charge in [0, 0.05) is 38.1 Å². The number of imidazole rings is 1. The summed E-state index contributed by atoms with van der Waals surface area (Å²) in [5.41, 5.74) is 14.5. The zero-order chi connectivity index (χ0) is 38.2. The Kier molecular flexibility index (Phi) is 7.16. The van der Waals surface area contributed by atoms with E-state index in [-0.39, 0.29) is 0 Å². The Morgan fingerprint density at radius 3 is 1.52 bits per heavy atom. The molecule has 8 aromatic carbocycles. The monoisotopic (exact) mass is 739 g/mol. The first kappa shape index (κ1) is 32.4. The lowest BCUT2D eigenvalue weighted by Gasteiger charge is -2.15. The molecule has 0 bridgehead atoms. The molecule has 0 fully saturated rings. The van der Waals surface area contributed by atoms with Crippen LogP contribution >= 0.6 is 0 Å². The summed E-state index contributed by atoms with van der Waals surface area (Å²) >= 11 is 0. The SMILES string of the molecule is c1ccc(-c2cccc(-c3cc(-c4cccc(-c5ccccc5)c4)nc(-n4c5ccccc5c5ccc6c(c7ccccc7n7c8ccccc8nc67)c54)n3)c2)cc1. The first-order chi connectivity index (χ1) is 28.8. The van der Waals surface area contributed by atoms with Gasteiger partial charge in [-0.05, 0) is 70.8 Å². The highest BCUT2D eigenvalue weighted by Gasteiger charge is 2.23. The molecule has 0 aliphatic heterocycles. The maximum atomic E-state index is 5.50. The molecule has 0 spiro atoms. The van der Waals surface area contributed by atoms with Crippen LogP contribution in [0.1, 0.15) is 0 Å². The van der Waals surface area contributed by atoms with Crippen molar-refractivity contribution in [3.63, 3.8) is 0 Å². The van der Waals surface area contributed by atoms with E-state index in [2.05, 4.69) is 209 Å². The maximum absolute atomic E-state index is 5.50. The topological polar surface area (TPSA) is 48.0 Å². The van der Waals surface area contributed by atoms with Crippen molar-refractivity contribution < 1.29 is 0 Å². The third kappa shape index (κ3) is 5.00. The molecular formula is C53H33N5. The van der Waals surface area contributed by atoms with Gasteiger partial charge in [-0.3, -0.25) is 8.97 Å². The fourth-order valence-corrected chi connectivity index (χ4v) is 8.86. The lowest BCUT2D eigenvalue weighted by atomic mass is 9.99. The maximum Gasteiger partial charge on any atom is 0.235 e. The molecule has 0 amide bonds. The molecule has 0 radical (unpaired) electrons. The molecule has 0 atom stereocenters. The number of benzene rings is 8. The Morgan fingerprint density at radius 2 is 0.845 bits per heavy atom. The largest absolute Gasteiger partial charge is 0.292 e. The van der Waals surface area contributed by atoms with E-state index in [1.807, 2.05) is 0 Å². The first-order valence-corrected chi connectivity index (χ1v) is 19.6. The fourth-order valence-electron chi connectivity index (χ4n) is 8.86. The van der Waals surface area contributed by atoms with Crippen molar-refractivity contribution in [2.45, 2.75) is 0 Å². The van der Waals surface area contributed by atoms with Crippen LogP contribution in [0.25, 0.3) is 111 Å². The minimum Gasteiger partial charge on any atom is -0.292 e. The molecule has 0 saturated carbocycles. The summed E-state index contributed by atoms with van der Waals surface area (Å²) in [4.78, 5) is 16.3. The van der Waals surface area contributed by atoms with Crippen LogP contribution in [0, 0.1) is 0 Å². The van der Waals surface area contributed by atoms with Crippen molar-refractivity contribution in [3.8, 4) is 50.7 Å². The third-order valence-electron chi connectivity index (χ3n) is 11.5. The van der Waals surface area contributed by atoms with Crippen LogP contribution in [0.5, 0.6) is 0 Å². The second kappa shape index (κ2) is 12.8. The summed E-state index contributed by atoms with van der Waals surface area (Å²) in [5, 5.41) is 5.63. The van der Waals surface area contributed by atoms with Gasteiger partial charge >= 0.3 is 0 Å². The standard InChI is InChI=1S/C53H33N5/c1-3-15-34(16-4-1)36-19-13-21-38(31-36)45-33-46(39-22-14-20-37(32-39)35-17-5-2-6-18-35)56-53(55-45)58-47-26-10-7-23-40(47)41-29-30-43-50(51(41)58)42-24-8-11-27-48(42)57-49-28-12-9-25-44(49)54-52(43)57/h1-33H. The van der Waals surface area contributed by atoms with Crippen LogP contribution in [0.3, 0.4) is 0 Å². The highest BCUT2D eigenvalue weighted by molar-refractivity contribution is 6.27. The molecule has 0 aliphatic rings. The number of hydrogen-bond acceptors (Lipinski definition) is 3. The number of hydrogen-bond donors (Lipinski definition) is 0. The van der Waals surface area contributed by atoms with Crippen LogP contribution in [0.2, 0.25) is 0 Å². The van der Waals surface area contributed by atoms with Crippen molar-refractivity contribution in [3.05, 3.63) is 200 Å². The fraction of sp³-hybridized carbons (Fsp3) is 0. The van der Waals surface area contributed by atoms with Gasteiger partial charge in [-0.25, -0.2) is 15.0 Å². The molecular weight excluding hydrogens is 707 g/mol. The predicted molar refractivity (Wildman–Crippen MR) is 239 cm³/mol. The number of nitrogens with zero attached hydrogens (tertiary/aromatic N) is 5. The predicted octanol–water partition coefficient (Wildman–Crippen LogP) is 13.3. The molecule has 270 valence electrons.